The summed E-state index contributed by atoms with van der Waals surface area (Å²) in [5, 5.41) is 24.8. The summed E-state index contributed by atoms with van der Waals surface area (Å²) >= 11 is 2.04. The average Bonchev–Trinajstić information content (AvgIpc) is 3.56. The van der Waals surface area contributed by atoms with Crippen molar-refractivity contribution in [1.29, 1.82) is 0 Å². The van der Waals surface area contributed by atoms with Gasteiger partial charge in [-0.3, -0.25) is 14.6 Å². The molecule has 0 aromatic carbocycles. The van der Waals surface area contributed by atoms with Crippen molar-refractivity contribution in [3.63, 3.8) is 0 Å². The molecule has 4 aromatic heterocycles. The lowest BCUT2D eigenvalue weighted by Crippen LogP contribution is -2.30. The molecule has 1 aliphatic heterocycles. The number of pyridine rings is 1. The van der Waals surface area contributed by atoms with Gasteiger partial charge in [0, 0.05) is 25.5 Å². The van der Waals surface area contributed by atoms with Gasteiger partial charge in [0.05, 0.1) is 64.6 Å². The number of hydrogen-bond donors (Lipinski definition) is 1. The quantitative estimate of drug-likeness (QED) is 0.171. The fraction of sp³-hybridized carbons (Fsp3) is 0.417. The van der Waals surface area contributed by atoms with E-state index in [2.05, 4.69) is 44.1 Å². The SMILES string of the molecule is CCN1CCOc2c(c(C)nn2C)-c2cc3c(nn(PI)c3cn2)/C=C/c2c(OSF)nn(C(C)CO)c2C1. The van der Waals surface area contributed by atoms with Crippen LogP contribution in [-0.4, -0.2) is 70.4 Å². The van der Waals surface area contributed by atoms with E-state index in [0.717, 1.165) is 45.8 Å². The molecule has 2 bridgehead atoms. The number of likely N-dealkylation sites (N-methyl/N-ethyl adjacent to an activating group) is 1. The number of aromatic nitrogens is 7. The summed E-state index contributed by atoms with van der Waals surface area (Å²) in [6.07, 6.45) is 5.96. The average molecular weight is 686 g/mol. The second-order valence-electron chi connectivity index (χ2n) is 9.20. The first-order valence-corrected chi connectivity index (χ1v) is 17.1. The lowest BCUT2D eigenvalue weighted by molar-refractivity contribution is 0.189. The van der Waals surface area contributed by atoms with Crippen LogP contribution >= 0.6 is 40.8 Å². The molecule has 4 aromatic rings. The van der Waals surface area contributed by atoms with Crippen molar-refractivity contribution < 1.29 is 17.9 Å². The van der Waals surface area contributed by atoms with Gasteiger partial charge < -0.3 is 14.0 Å². The molecule has 1 aliphatic rings. The number of hydrogen-bond acceptors (Lipinski definition) is 9. The molecule has 39 heavy (non-hydrogen) atoms. The van der Waals surface area contributed by atoms with E-state index >= 15 is 0 Å². The van der Waals surface area contributed by atoms with Crippen molar-refractivity contribution in [3.05, 3.63) is 34.9 Å². The maximum absolute atomic E-state index is 13.3. The third kappa shape index (κ3) is 5.41. The lowest BCUT2D eigenvalue weighted by atomic mass is 10.1. The number of ether oxygens (including phenoxy) is 1. The van der Waals surface area contributed by atoms with Crippen LogP contribution in [0.25, 0.3) is 34.3 Å². The highest BCUT2D eigenvalue weighted by Crippen LogP contribution is 2.37. The van der Waals surface area contributed by atoms with E-state index in [9.17, 15) is 8.99 Å². The van der Waals surface area contributed by atoms with Crippen LogP contribution in [-0.2, 0) is 13.6 Å². The van der Waals surface area contributed by atoms with Gasteiger partial charge in [0.2, 0.25) is 5.88 Å². The molecule has 5 rings (SSSR count). The third-order valence-corrected chi connectivity index (χ3v) is 8.88. The Morgan fingerprint density at radius 3 is 2.85 bits per heavy atom. The van der Waals surface area contributed by atoms with Crippen molar-refractivity contribution in [2.45, 2.75) is 33.4 Å². The molecule has 1 N–H and O–H groups in total. The van der Waals surface area contributed by atoms with Crippen molar-refractivity contribution in [1.82, 2.24) is 39.0 Å². The zero-order valence-corrected chi connectivity index (χ0v) is 25.9. The molecule has 15 heteroatoms. The van der Waals surface area contributed by atoms with Crippen LogP contribution in [0.4, 0.5) is 3.89 Å². The van der Waals surface area contributed by atoms with Crippen LogP contribution in [0.1, 0.15) is 42.5 Å². The summed E-state index contributed by atoms with van der Waals surface area (Å²) in [5.74, 6) is 0.794. The van der Waals surface area contributed by atoms with Gasteiger partial charge in [0.25, 0.3) is 18.3 Å². The predicted octanol–water partition coefficient (Wildman–Crippen LogP) is 4.98. The van der Waals surface area contributed by atoms with Crippen LogP contribution < -0.4 is 8.92 Å². The maximum atomic E-state index is 13.3. The van der Waals surface area contributed by atoms with E-state index in [0.29, 0.717) is 37.5 Å². The number of aryl methyl sites for hydroxylation is 2. The van der Waals surface area contributed by atoms with Gasteiger partial charge in [-0.15, -0.1) is 8.98 Å². The van der Waals surface area contributed by atoms with Crippen LogP contribution in [0.5, 0.6) is 11.8 Å². The molecule has 11 nitrogen and oxygen atoms in total. The number of aliphatic hydroxyl groups is 1. The van der Waals surface area contributed by atoms with Crippen molar-refractivity contribution in [2.75, 3.05) is 26.3 Å². The minimum Gasteiger partial charge on any atom is -0.476 e. The Morgan fingerprint density at radius 2 is 2.13 bits per heavy atom. The number of halogens is 2. The first kappa shape index (κ1) is 28.3. The minimum atomic E-state index is -0.333. The van der Waals surface area contributed by atoms with E-state index in [4.69, 9.17) is 19.0 Å². The van der Waals surface area contributed by atoms with Gasteiger partial charge in [-0.1, -0.05) is 6.92 Å². The van der Waals surface area contributed by atoms with Crippen molar-refractivity contribution in [2.24, 2.45) is 7.05 Å². The monoisotopic (exact) mass is 686 g/mol. The predicted molar refractivity (Wildman–Crippen MR) is 161 cm³/mol. The largest absolute Gasteiger partial charge is 0.476 e. The van der Waals surface area contributed by atoms with Gasteiger partial charge in [-0.25, -0.2) is 9.13 Å². The van der Waals surface area contributed by atoms with E-state index in [-0.39, 0.29) is 31.0 Å². The second-order valence-corrected chi connectivity index (χ2v) is 11.5. The van der Waals surface area contributed by atoms with Crippen LogP contribution in [0.2, 0.25) is 0 Å². The normalized spacial score (nSPS) is 16.2. The summed E-state index contributed by atoms with van der Waals surface area (Å²) in [6.45, 7) is 8.01. The highest BCUT2D eigenvalue weighted by atomic mass is 127. The summed E-state index contributed by atoms with van der Waals surface area (Å²) in [7, 11) is 1.87. The molecule has 0 saturated heterocycles. The van der Waals surface area contributed by atoms with E-state index < -0.39 is 0 Å². The molecular weight excluding hydrogens is 657 g/mol. The maximum Gasteiger partial charge on any atom is 0.273 e. The molecule has 0 amide bonds. The summed E-state index contributed by atoms with van der Waals surface area (Å²) in [6, 6.07) is 1.68. The summed E-state index contributed by atoms with van der Waals surface area (Å²) < 4.78 is 30.2. The molecule has 2 atom stereocenters. The Morgan fingerprint density at radius 1 is 1.31 bits per heavy atom. The molecule has 0 aliphatic carbocycles. The lowest BCUT2D eigenvalue weighted by Gasteiger charge is -2.23. The highest BCUT2D eigenvalue weighted by Gasteiger charge is 2.25. The Kier molecular flexibility index (Phi) is 8.76. The van der Waals surface area contributed by atoms with Gasteiger partial charge in [0.15, 0.2) is 0 Å². The summed E-state index contributed by atoms with van der Waals surface area (Å²) in [5.41, 5.74) is 5.49. The standard InChI is InChI=1S/C24H29FIN8O3PS/c1-5-32-8-9-36-24-22(15(3)28-31(24)4)19-10-17-18(29-34(38-26)20(17)11-27-19)7-6-16-21(12-32)33(14(2)13-35)30-23(16)37-39-25/h6-7,10-11,14,35,38H,5,8-9,12-13H2,1-4H3/b7-6+. The van der Waals surface area contributed by atoms with E-state index in [1.807, 2.05) is 49.8 Å². The Labute approximate surface area is 244 Å². The van der Waals surface area contributed by atoms with Gasteiger partial charge in [0.1, 0.15) is 6.61 Å². The molecule has 0 radical (unpaired) electrons. The van der Waals surface area contributed by atoms with Crippen molar-refractivity contribution in [3.8, 4) is 23.0 Å². The molecule has 5 heterocycles. The van der Waals surface area contributed by atoms with E-state index in [1.165, 1.54) is 0 Å². The first-order chi connectivity index (χ1) is 18.9. The smallest absolute Gasteiger partial charge is 0.273 e. The molecular formula is C24H29FIN8O3PS. The van der Waals surface area contributed by atoms with Crippen LogP contribution in [0.3, 0.4) is 0 Å². The third-order valence-electron chi connectivity index (χ3n) is 6.78. The zero-order valence-electron chi connectivity index (χ0n) is 21.9. The van der Waals surface area contributed by atoms with Gasteiger partial charge in [-0.05, 0) is 60.7 Å². The fourth-order valence-electron chi connectivity index (χ4n) is 4.77. The Hall–Kier alpha value is -2.26. The number of fused-ring (bicyclic) bond motifs is 4. The Bertz CT molecular complexity index is 1520. The minimum absolute atomic E-state index is 0.126. The number of rotatable bonds is 6. The van der Waals surface area contributed by atoms with E-state index in [1.54, 1.807) is 9.36 Å². The molecule has 0 spiro atoms. The molecule has 2 unspecified atom stereocenters. The summed E-state index contributed by atoms with van der Waals surface area (Å²) in [4.78, 5) is 6.96. The van der Waals surface area contributed by atoms with Crippen LogP contribution in [0.15, 0.2) is 12.3 Å². The fourth-order valence-corrected chi connectivity index (χ4v) is 6.47. The van der Waals surface area contributed by atoms with Gasteiger partial charge in [-0.2, -0.15) is 10.2 Å². The topological polar surface area (TPSA) is 108 Å². The molecule has 208 valence electrons. The Balaban J connectivity index is 1.74. The highest BCUT2D eigenvalue weighted by molar-refractivity contribution is 14.2. The molecule has 0 saturated carbocycles. The zero-order chi connectivity index (χ0) is 27.7. The van der Waals surface area contributed by atoms with Crippen molar-refractivity contribution >= 4 is 63.9 Å². The number of aliphatic hydroxyl groups excluding tert-OH is 1. The number of nitrogens with zero attached hydrogens (tertiary/aromatic N) is 8. The first-order valence-electron chi connectivity index (χ1n) is 12.4. The van der Waals surface area contributed by atoms with Gasteiger partial charge >= 0.3 is 0 Å². The second kappa shape index (κ2) is 12.1. The molecule has 0 fully saturated rings. The van der Waals surface area contributed by atoms with Crippen LogP contribution in [0, 0.1) is 6.92 Å².